The van der Waals surface area contributed by atoms with Crippen LogP contribution in [0.3, 0.4) is 0 Å². The van der Waals surface area contributed by atoms with Gasteiger partial charge in [-0.2, -0.15) is 4.39 Å². The number of carbonyl (C=O) groups is 1. The van der Waals surface area contributed by atoms with Crippen LogP contribution in [-0.2, 0) is 0 Å². The van der Waals surface area contributed by atoms with E-state index in [1.165, 1.54) is 12.1 Å². The number of nitrogens with one attached hydrogen (secondary N) is 2. The standard InChI is InChI=1S/C13H20FN3O3/c1-2-3-5-9(16-13(19)20)10(18)8-15-12-7-4-6-11(14)17-12/h4,6-7,9-10,16,18H,2-3,5,8H2,1H3,(H,15,17)(H,19,20)/t9?,10-/m0/s1. The minimum absolute atomic E-state index is 0.0884. The molecule has 0 aromatic carbocycles. The summed E-state index contributed by atoms with van der Waals surface area (Å²) in [6.07, 6.45) is 0.169. The quantitative estimate of drug-likeness (QED) is 0.547. The van der Waals surface area contributed by atoms with Gasteiger partial charge in [0.05, 0.1) is 12.1 Å². The lowest BCUT2D eigenvalue weighted by atomic mass is 10.0. The number of pyridine rings is 1. The molecule has 0 aliphatic heterocycles. The van der Waals surface area contributed by atoms with Crippen molar-refractivity contribution >= 4 is 11.9 Å². The van der Waals surface area contributed by atoms with Gasteiger partial charge in [-0.15, -0.1) is 0 Å². The van der Waals surface area contributed by atoms with Gasteiger partial charge in [0, 0.05) is 6.54 Å². The fraction of sp³-hybridized carbons (Fsp3) is 0.538. The Labute approximate surface area is 117 Å². The van der Waals surface area contributed by atoms with Crippen molar-refractivity contribution in [2.24, 2.45) is 0 Å². The summed E-state index contributed by atoms with van der Waals surface area (Å²) in [6.45, 7) is 2.07. The summed E-state index contributed by atoms with van der Waals surface area (Å²) in [7, 11) is 0. The maximum atomic E-state index is 12.9. The summed E-state index contributed by atoms with van der Waals surface area (Å²) >= 11 is 0. The smallest absolute Gasteiger partial charge is 0.404 e. The van der Waals surface area contributed by atoms with E-state index in [9.17, 15) is 14.3 Å². The molecule has 1 amide bonds. The SMILES string of the molecule is CCCCC(NC(=O)O)[C@@H](O)CNc1cccc(F)n1. The number of hydrogen-bond acceptors (Lipinski definition) is 4. The topological polar surface area (TPSA) is 94.5 Å². The zero-order chi connectivity index (χ0) is 15.0. The minimum atomic E-state index is -1.17. The first kappa shape index (κ1) is 16.2. The third-order valence-electron chi connectivity index (χ3n) is 2.85. The largest absolute Gasteiger partial charge is 0.465 e. The number of carboxylic acid groups (broad SMARTS) is 1. The highest BCUT2D eigenvalue weighted by Gasteiger charge is 2.20. The number of aliphatic hydroxyl groups is 1. The van der Waals surface area contributed by atoms with Crippen molar-refractivity contribution < 1.29 is 19.4 Å². The predicted molar refractivity (Wildman–Crippen MR) is 73.2 cm³/mol. The Hall–Kier alpha value is -1.89. The second-order valence-corrected chi connectivity index (χ2v) is 4.49. The van der Waals surface area contributed by atoms with Gasteiger partial charge in [-0.05, 0) is 18.6 Å². The lowest BCUT2D eigenvalue weighted by Crippen LogP contribution is -2.45. The molecule has 20 heavy (non-hydrogen) atoms. The molecule has 0 aliphatic carbocycles. The van der Waals surface area contributed by atoms with Crippen LogP contribution in [-0.4, -0.2) is 40.0 Å². The average Bonchev–Trinajstić information content (AvgIpc) is 2.40. The molecule has 1 unspecified atom stereocenters. The molecule has 0 radical (unpaired) electrons. The van der Waals surface area contributed by atoms with Crippen molar-refractivity contribution in [2.75, 3.05) is 11.9 Å². The number of rotatable bonds is 8. The Kier molecular flexibility index (Phi) is 6.72. The van der Waals surface area contributed by atoms with E-state index >= 15 is 0 Å². The second-order valence-electron chi connectivity index (χ2n) is 4.49. The summed E-state index contributed by atoms with van der Waals surface area (Å²) < 4.78 is 12.9. The highest BCUT2D eigenvalue weighted by atomic mass is 19.1. The van der Waals surface area contributed by atoms with Crippen LogP contribution in [0.5, 0.6) is 0 Å². The van der Waals surface area contributed by atoms with Crippen LogP contribution in [0.1, 0.15) is 26.2 Å². The Morgan fingerprint density at radius 1 is 1.50 bits per heavy atom. The molecule has 4 N–H and O–H groups in total. The molecule has 0 aliphatic rings. The Balaban J connectivity index is 2.51. The number of aromatic nitrogens is 1. The Morgan fingerprint density at radius 2 is 2.25 bits per heavy atom. The van der Waals surface area contributed by atoms with Crippen molar-refractivity contribution in [3.05, 3.63) is 24.1 Å². The number of anilines is 1. The molecule has 112 valence electrons. The summed E-state index contributed by atoms with van der Waals surface area (Å²) in [5, 5.41) is 23.8. The molecular weight excluding hydrogens is 265 g/mol. The van der Waals surface area contributed by atoms with E-state index in [1.54, 1.807) is 6.07 Å². The Morgan fingerprint density at radius 3 is 2.85 bits per heavy atom. The molecule has 7 heteroatoms. The zero-order valence-electron chi connectivity index (χ0n) is 11.3. The molecule has 6 nitrogen and oxygen atoms in total. The molecule has 0 fully saturated rings. The van der Waals surface area contributed by atoms with Crippen LogP contribution in [0.4, 0.5) is 15.0 Å². The van der Waals surface area contributed by atoms with Gasteiger partial charge in [-0.1, -0.05) is 25.8 Å². The molecule has 1 aromatic heterocycles. The molecule has 1 rings (SSSR count). The minimum Gasteiger partial charge on any atom is -0.465 e. The highest BCUT2D eigenvalue weighted by Crippen LogP contribution is 2.08. The number of aliphatic hydroxyl groups excluding tert-OH is 1. The van der Waals surface area contributed by atoms with Crippen LogP contribution in [0, 0.1) is 5.95 Å². The molecule has 2 atom stereocenters. The third-order valence-corrected chi connectivity index (χ3v) is 2.85. The van der Waals surface area contributed by atoms with E-state index in [0.29, 0.717) is 12.2 Å². The fourth-order valence-corrected chi connectivity index (χ4v) is 1.80. The molecular formula is C13H20FN3O3. The van der Waals surface area contributed by atoms with Gasteiger partial charge in [0.25, 0.3) is 0 Å². The maximum Gasteiger partial charge on any atom is 0.404 e. The number of unbranched alkanes of at least 4 members (excludes halogenated alkanes) is 1. The Bertz CT molecular complexity index is 431. The fourth-order valence-electron chi connectivity index (χ4n) is 1.80. The van der Waals surface area contributed by atoms with Crippen molar-refractivity contribution in [2.45, 2.75) is 38.3 Å². The van der Waals surface area contributed by atoms with Crippen LogP contribution in [0.2, 0.25) is 0 Å². The monoisotopic (exact) mass is 285 g/mol. The lowest BCUT2D eigenvalue weighted by Gasteiger charge is -2.23. The highest BCUT2D eigenvalue weighted by molar-refractivity contribution is 5.64. The van der Waals surface area contributed by atoms with E-state index < -0.39 is 24.2 Å². The second kappa shape index (κ2) is 8.31. The summed E-state index contributed by atoms with van der Waals surface area (Å²) in [5.41, 5.74) is 0. The third kappa shape index (κ3) is 5.83. The molecule has 0 spiro atoms. The predicted octanol–water partition coefficient (Wildman–Crippen LogP) is 1.82. The van der Waals surface area contributed by atoms with Crippen LogP contribution >= 0.6 is 0 Å². The molecule has 0 saturated carbocycles. The van der Waals surface area contributed by atoms with Gasteiger partial charge in [-0.3, -0.25) is 0 Å². The van der Waals surface area contributed by atoms with Gasteiger partial charge >= 0.3 is 6.09 Å². The number of halogens is 1. The van der Waals surface area contributed by atoms with Crippen molar-refractivity contribution in [3.63, 3.8) is 0 Å². The molecule has 1 aromatic rings. The first-order valence-electron chi connectivity index (χ1n) is 6.57. The number of nitrogens with zero attached hydrogens (tertiary/aromatic N) is 1. The molecule has 0 bridgehead atoms. The first-order chi connectivity index (χ1) is 9.52. The van der Waals surface area contributed by atoms with E-state index in [0.717, 1.165) is 12.8 Å². The van der Waals surface area contributed by atoms with Gasteiger partial charge in [0.15, 0.2) is 0 Å². The summed E-state index contributed by atoms with van der Waals surface area (Å²) in [6, 6.07) is 3.73. The maximum absolute atomic E-state index is 12.9. The van der Waals surface area contributed by atoms with Gasteiger partial charge in [-0.25, -0.2) is 9.78 Å². The molecule has 0 saturated heterocycles. The average molecular weight is 285 g/mol. The lowest BCUT2D eigenvalue weighted by molar-refractivity contribution is 0.123. The molecule has 1 heterocycles. The van der Waals surface area contributed by atoms with Gasteiger partial charge in [0.1, 0.15) is 5.82 Å². The summed E-state index contributed by atoms with van der Waals surface area (Å²) in [5.74, 6) is -0.315. The van der Waals surface area contributed by atoms with E-state index in [2.05, 4.69) is 15.6 Å². The van der Waals surface area contributed by atoms with E-state index in [-0.39, 0.29) is 6.54 Å². The van der Waals surface area contributed by atoms with E-state index in [1.807, 2.05) is 6.92 Å². The van der Waals surface area contributed by atoms with Crippen molar-refractivity contribution in [1.29, 1.82) is 0 Å². The number of hydrogen-bond donors (Lipinski definition) is 4. The van der Waals surface area contributed by atoms with Gasteiger partial charge < -0.3 is 20.8 Å². The number of amides is 1. The zero-order valence-corrected chi connectivity index (χ0v) is 11.3. The summed E-state index contributed by atoms with van der Waals surface area (Å²) in [4.78, 5) is 14.3. The van der Waals surface area contributed by atoms with Crippen molar-refractivity contribution in [1.82, 2.24) is 10.3 Å². The van der Waals surface area contributed by atoms with E-state index in [4.69, 9.17) is 5.11 Å². The first-order valence-corrected chi connectivity index (χ1v) is 6.57. The van der Waals surface area contributed by atoms with Gasteiger partial charge in [0.2, 0.25) is 5.95 Å². The van der Waals surface area contributed by atoms with Crippen LogP contribution in [0.25, 0.3) is 0 Å². The van der Waals surface area contributed by atoms with Crippen LogP contribution < -0.4 is 10.6 Å². The van der Waals surface area contributed by atoms with Crippen molar-refractivity contribution in [3.8, 4) is 0 Å². The van der Waals surface area contributed by atoms with Crippen LogP contribution in [0.15, 0.2) is 18.2 Å². The normalized spacial score (nSPS) is 13.6.